The predicted molar refractivity (Wildman–Crippen MR) is 103 cm³/mol. The molecule has 28 heavy (non-hydrogen) atoms. The number of hydrogen-bond donors (Lipinski definition) is 0. The van der Waals surface area contributed by atoms with Crippen LogP contribution in [0, 0.1) is 10.1 Å². The van der Waals surface area contributed by atoms with Crippen molar-refractivity contribution >= 4 is 29.0 Å². The Morgan fingerprint density at radius 3 is 2.64 bits per heavy atom. The molecule has 0 bridgehead atoms. The molecule has 0 saturated heterocycles. The van der Waals surface area contributed by atoms with E-state index in [-0.39, 0.29) is 17.3 Å². The number of nitro benzene ring substituents is 1. The van der Waals surface area contributed by atoms with Crippen molar-refractivity contribution in [1.82, 2.24) is 20.2 Å². The molecular weight excluding hydrogens is 384 g/mol. The zero-order valence-electron chi connectivity index (χ0n) is 15.1. The molecule has 0 aliphatic heterocycles. The van der Waals surface area contributed by atoms with Crippen molar-refractivity contribution in [1.29, 1.82) is 0 Å². The highest BCUT2D eigenvalue weighted by molar-refractivity contribution is 7.99. The van der Waals surface area contributed by atoms with E-state index in [1.165, 1.54) is 45.6 Å². The molecule has 10 nitrogen and oxygen atoms in total. The largest absolute Gasteiger partial charge is 0.494 e. The van der Waals surface area contributed by atoms with Crippen LogP contribution >= 0.6 is 11.8 Å². The van der Waals surface area contributed by atoms with Gasteiger partial charge >= 0.3 is 0 Å². The number of methoxy groups -OCH3 is 1. The Bertz CT molecular complexity index is 991. The van der Waals surface area contributed by atoms with E-state index < -0.39 is 4.92 Å². The highest BCUT2D eigenvalue weighted by Crippen LogP contribution is 2.26. The first kappa shape index (κ1) is 19.3. The summed E-state index contributed by atoms with van der Waals surface area (Å²) in [6, 6.07) is 13.0. The van der Waals surface area contributed by atoms with Crippen LogP contribution in [-0.4, -0.2) is 50.9 Å². The predicted octanol–water partition coefficient (Wildman–Crippen LogP) is 2.33. The molecule has 1 heterocycles. The molecule has 1 aromatic heterocycles. The van der Waals surface area contributed by atoms with Crippen molar-refractivity contribution < 1.29 is 14.5 Å². The van der Waals surface area contributed by atoms with Gasteiger partial charge in [-0.2, -0.15) is 4.68 Å². The third-order valence-electron chi connectivity index (χ3n) is 3.90. The van der Waals surface area contributed by atoms with Crippen LogP contribution in [0.1, 0.15) is 0 Å². The topological polar surface area (TPSA) is 116 Å². The molecule has 0 aliphatic carbocycles. The van der Waals surface area contributed by atoms with Gasteiger partial charge < -0.3 is 9.64 Å². The third kappa shape index (κ3) is 4.09. The van der Waals surface area contributed by atoms with Crippen molar-refractivity contribution in [2.75, 3.05) is 24.8 Å². The number of nitro groups is 1. The molecule has 11 heteroatoms. The van der Waals surface area contributed by atoms with Gasteiger partial charge in [-0.15, -0.1) is 5.10 Å². The summed E-state index contributed by atoms with van der Waals surface area (Å²) in [6.45, 7) is 0. The van der Waals surface area contributed by atoms with E-state index in [2.05, 4.69) is 15.5 Å². The first-order valence-corrected chi connectivity index (χ1v) is 9.05. The van der Waals surface area contributed by atoms with Gasteiger partial charge in [-0.1, -0.05) is 23.9 Å². The maximum Gasteiger partial charge on any atom is 0.269 e. The monoisotopic (exact) mass is 400 g/mol. The summed E-state index contributed by atoms with van der Waals surface area (Å²) in [5, 5.41) is 22.8. The minimum absolute atomic E-state index is 0.0324. The van der Waals surface area contributed by atoms with Crippen LogP contribution in [0.4, 0.5) is 11.4 Å². The van der Waals surface area contributed by atoms with E-state index in [0.717, 1.165) is 0 Å². The van der Waals surface area contributed by atoms with Gasteiger partial charge in [-0.25, -0.2) is 0 Å². The SMILES string of the molecule is COc1ccccc1-n1nnnc1SCC(=O)N(C)c1ccc([N+](=O)[O-])cc1. The number of anilines is 1. The van der Waals surface area contributed by atoms with Crippen molar-refractivity contribution in [2.45, 2.75) is 5.16 Å². The summed E-state index contributed by atoms with van der Waals surface area (Å²) in [5.41, 5.74) is 1.18. The summed E-state index contributed by atoms with van der Waals surface area (Å²) in [6.07, 6.45) is 0. The second-order valence-electron chi connectivity index (χ2n) is 5.56. The first-order valence-electron chi connectivity index (χ1n) is 8.07. The summed E-state index contributed by atoms with van der Waals surface area (Å²) in [4.78, 5) is 24.2. The number of amides is 1. The summed E-state index contributed by atoms with van der Waals surface area (Å²) in [7, 11) is 3.16. The van der Waals surface area contributed by atoms with E-state index in [4.69, 9.17) is 4.74 Å². The van der Waals surface area contributed by atoms with Crippen molar-refractivity contribution in [2.24, 2.45) is 0 Å². The maximum atomic E-state index is 12.5. The van der Waals surface area contributed by atoms with Crippen LogP contribution < -0.4 is 9.64 Å². The Balaban J connectivity index is 1.70. The smallest absolute Gasteiger partial charge is 0.269 e. The molecular formula is C17H16N6O4S. The Hall–Kier alpha value is -3.47. The van der Waals surface area contributed by atoms with Gasteiger partial charge in [0.1, 0.15) is 11.4 Å². The molecule has 3 aromatic rings. The van der Waals surface area contributed by atoms with Gasteiger partial charge in [-0.05, 0) is 34.7 Å². The van der Waals surface area contributed by atoms with Gasteiger partial charge in [-0.3, -0.25) is 14.9 Å². The Labute approximate surface area is 164 Å². The van der Waals surface area contributed by atoms with Crippen LogP contribution in [0.2, 0.25) is 0 Å². The second kappa shape index (κ2) is 8.48. The van der Waals surface area contributed by atoms with Gasteiger partial charge in [0.05, 0.1) is 17.8 Å². The molecule has 0 radical (unpaired) electrons. The number of aromatic nitrogens is 4. The number of benzene rings is 2. The van der Waals surface area contributed by atoms with Crippen molar-refractivity contribution in [3.05, 3.63) is 58.6 Å². The summed E-state index contributed by atoms with van der Waals surface area (Å²) < 4.78 is 6.83. The Morgan fingerprint density at radius 1 is 1.25 bits per heavy atom. The number of hydrogen-bond acceptors (Lipinski definition) is 8. The molecule has 0 N–H and O–H groups in total. The number of tetrazole rings is 1. The third-order valence-corrected chi connectivity index (χ3v) is 4.81. The zero-order valence-corrected chi connectivity index (χ0v) is 15.9. The average Bonchev–Trinajstić information content (AvgIpc) is 3.19. The Morgan fingerprint density at radius 2 is 1.96 bits per heavy atom. The lowest BCUT2D eigenvalue weighted by Gasteiger charge is -2.16. The van der Waals surface area contributed by atoms with Crippen LogP contribution in [0.15, 0.2) is 53.7 Å². The fourth-order valence-electron chi connectivity index (χ4n) is 2.39. The molecule has 0 unspecified atom stereocenters. The molecule has 0 saturated carbocycles. The van der Waals surface area contributed by atoms with Crippen LogP contribution in [-0.2, 0) is 4.79 Å². The first-order chi connectivity index (χ1) is 13.5. The molecule has 0 spiro atoms. The average molecular weight is 400 g/mol. The van der Waals surface area contributed by atoms with E-state index in [9.17, 15) is 14.9 Å². The fraction of sp³-hybridized carbons (Fsp3) is 0.176. The molecule has 3 rings (SSSR count). The van der Waals surface area contributed by atoms with Crippen LogP contribution in [0.3, 0.4) is 0 Å². The molecule has 0 atom stereocenters. The highest BCUT2D eigenvalue weighted by Gasteiger charge is 2.17. The number of nitrogens with zero attached hydrogens (tertiary/aromatic N) is 6. The maximum absolute atomic E-state index is 12.5. The molecule has 0 aliphatic rings. The molecule has 2 aromatic carbocycles. The van der Waals surface area contributed by atoms with E-state index in [0.29, 0.717) is 22.3 Å². The number of non-ortho nitro benzene ring substituents is 1. The number of thioether (sulfide) groups is 1. The van der Waals surface area contributed by atoms with Gasteiger partial charge in [0.25, 0.3) is 5.69 Å². The molecule has 1 amide bonds. The van der Waals surface area contributed by atoms with Crippen molar-refractivity contribution in [3.63, 3.8) is 0 Å². The molecule has 144 valence electrons. The summed E-state index contributed by atoms with van der Waals surface area (Å²) >= 11 is 1.18. The minimum atomic E-state index is -0.487. The van der Waals surface area contributed by atoms with E-state index in [1.807, 2.05) is 18.2 Å². The highest BCUT2D eigenvalue weighted by atomic mass is 32.2. The lowest BCUT2D eigenvalue weighted by molar-refractivity contribution is -0.384. The van der Waals surface area contributed by atoms with Gasteiger partial charge in [0.15, 0.2) is 0 Å². The standard InChI is InChI=1S/C17H16N6O4S/c1-21(12-7-9-13(10-8-12)23(25)26)16(24)11-28-17-18-19-20-22(17)14-5-3-4-6-15(14)27-2/h3-10H,11H2,1-2H3. The van der Waals surface area contributed by atoms with Gasteiger partial charge in [0.2, 0.25) is 11.1 Å². The fourth-order valence-corrected chi connectivity index (χ4v) is 3.19. The number of carbonyl (C=O) groups is 1. The van der Waals surface area contributed by atoms with E-state index >= 15 is 0 Å². The van der Waals surface area contributed by atoms with Crippen molar-refractivity contribution in [3.8, 4) is 11.4 Å². The number of ether oxygens (including phenoxy) is 1. The second-order valence-corrected chi connectivity index (χ2v) is 6.50. The van der Waals surface area contributed by atoms with Gasteiger partial charge in [0, 0.05) is 24.9 Å². The van der Waals surface area contributed by atoms with E-state index in [1.54, 1.807) is 20.2 Å². The lowest BCUT2D eigenvalue weighted by Crippen LogP contribution is -2.28. The quantitative estimate of drug-likeness (QED) is 0.337. The number of para-hydroxylation sites is 2. The number of rotatable bonds is 7. The number of carbonyl (C=O) groups excluding carboxylic acids is 1. The lowest BCUT2D eigenvalue weighted by atomic mass is 10.2. The minimum Gasteiger partial charge on any atom is -0.494 e. The van der Waals surface area contributed by atoms with Crippen LogP contribution in [0.25, 0.3) is 5.69 Å². The zero-order chi connectivity index (χ0) is 20.1. The Kier molecular flexibility index (Phi) is 5.84. The normalized spacial score (nSPS) is 10.5. The van der Waals surface area contributed by atoms with Crippen LogP contribution in [0.5, 0.6) is 5.75 Å². The summed E-state index contributed by atoms with van der Waals surface area (Å²) in [5.74, 6) is 0.489. The molecule has 0 fully saturated rings.